The second-order valence-electron chi connectivity index (χ2n) is 29.4. The summed E-state index contributed by atoms with van der Waals surface area (Å²) in [5, 5.41) is 1.94. The summed E-state index contributed by atoms with van der Waals surface area (Å²) in [5.41, 5.74) is 0.747. The monoisotopic (exact) mass is 1450 g/mol. The van der Waals surface area contributed by atoms with E-state index in [4.69, 9.17) is 58.2 Å². The zero-order valence-corrected chi connectivity index (χ0v) is 65.8. The van der Waals surface area contributed by atoms with E-state index in [9.17, 15) is 19.2 Å². The van der Waals surface area contributed by atoms with E-state index in [0.29, 0.717) is 43.2 Å². The second kappa shape index (κ2) is 48.0. The Morgan fingerprint density at radius 2 is 0.727 bits per heavy atom. The van der Waals surface area contributed by atoms with Crippen LogP contribution in [0.5, 0.6) is 23.0 Å². The number of carbonyl (C=O) groups excluding carboxylic acids is 4. The maximum atomic E-state index is 14.4. The van der Waals surface area contributed by atoms with Gasteiger partial charge in [0.1, 0.15) is 79.1 Å². The third-order valence-electron chi connectivity index (χ3n) is 20.4. The molecule has 0 saturated carbocycles. The molecule has 0 saturated heterocycles. The van der Waals surface area contributed by atoms with Gasteiger partial charge in [-0.3, -0.25) is 19.2 Å². The van der Waals surface area contributed by atoms with Crippen LogP contribution in [0.25, 0.3) is 31.9 Å². The number of nitrogens with zero attached hydrogens (tertiary/aromatic N) is 2. The predicted molar refractivity (Wildman–Crippen MR) is 408 cm³/mol. The highest BCUT2D eigenvalue weighted by atomic mass is 35.5. The largest absolute Gasteiger partial charge is 0.488 e. The van der Waals surface area contributed by atoms with Crippen LogP contribution in [0.3, 0.4) is 0 Å². The second-order valence-corrected chi connectivity index (χ2v) is 32.4. The average Bonchev–Trinajstić information content (AvgIpc) is 1.62. The van der Waals surface area contributed by atoms with E-state index >= 15 is 0 Å². The first-order valence-corrected chi connectivity index (χ1v) is 42.5. The molecule has 0 fully saturated rings. The predicted octanol–water partition coefficient (Wildman–Crippen LogP) is 24.1. The van der Waals surface area contributed by atoms with Gasteiger partial charge < -0.3 is 37.9 Å². The molecule has 5 atom stereocenters. The maximum Gasteiger partial charge on any atom is 0.308 e. The molecule has 18 heteroatoms. The van der Waals surface area contributed by atoms with Gasteiger partial charge in [0.2, 0.25) is 0 Å². The van der Waals surface area contributed by atoms with Crippen molar-refractivity contribution in [2.24, 2.45) is 34.5 Å². The summed E-state index contributed by atoms with van der Waals surface area (Å²) in [6.07, 6.45) is 43.3. The van der Waals surface area contributed by atoms with E-state index in [2.05, 4.69) is 48.5 Å². The summed E-state index contributed by atoms with van der Waals surface area (Å²) < 4.78 is 63.0. The molecule has 0 bridgehead atoms. The molecule has 560 valence electrons. The highest BCUT2D eigenvalue weighted by Crippen LogP contribution is 2.55. The van der Waals surface area contributed by atoms with Gasteiger partial charge in [-0.1, -0.05) is 297 Å². The van der Waals surface area contributed by atoms with E-state index in [1.807, 2.05) is 24.4 Å². The lowest BCUT2D eigenvalue weighted by Crippen LogP contribution is -2.44. The van der Waals surface area contributed by atoms with E-state index in [1.54, 1.807) is 0 Å². The number of aromatic nitrogens is 2. The minimum absolute atomic E-state index is 0.0219. The van der Waals surface area contributed by atoms with Crippen molar-refractivity contribution >= 4 is 80.9 Å². The Balaban J connectivity index is 1.26. The number of thiophene rings is 2. The van der Waals surface area contributed by atoms with Crippen LogP contribution in [0.4, 0.5) is 0 Å². The molecule has 0 amide bonds. The van der Waals surface area contributed by atoms with Crippen LogP contribution >= 0.6 is 46.0 Å². The first kappa shape index (κ1) is 83.8. The molecule has 6 rings (SSSR count). The Bertz CT molecular complexity index is 2860. The number of ether oxygens (including phenoxy) is 8. The van der Waals surface area contributed by atoms with Gasteiger partial charge in [0, 0.05) is 16.5 Å². The van der Waals surface area contributed by atoms with Crippen molar-refractivity contribution < 1.29 is 57.1 Å². The Morgan fingerprint density at radius 3 is 1.12 bits per heavy atom. The third kappa shape index (κ3) is 28.1. The van der Waals surface area contributed by atoms with E-state index < -0.39 is 10.8 Å². The summed E-state index contributed by atoms with van der Waals surface area (Å²) in [6, 6.07) is 4.01. The van der Waals surface area contributed by atoms with Crippen LogP contribution < -0.4 is 18.9 Å². The first-order chi connectivity index (χ1) is 48.3. The number of rotatable bonds is 55. The van der Waals surface area contributed by atoms with Gasteiger partial charge in [0.05, 0.1) is 45.2 Å². The lowest BCUT2D eigenvalue weighted by Gasteiger charge is -2.31. The number of esters is 4. The van der Waals surface area contributed by atoms with Gasteiger partial charge in [-0.2, -0.15) is 8.75 Å². The SMILES string of the molecule is CCCCCCCCC(CCCCCC)C(=O)OCC1(COC(=O)C(CCCCCC)CCCCCCCC)COc2csc(-c3ccc(-c4sc(Cl)c5c4OCC(COC(=O)C(C)CCCCCC)(COC(=O)C(CCCCCC)CCCCCCCC)CO5)c4nsnc34)c2OC1. The van der Waals surface area contributed by atoms with Crippen molar-refractivity contribution in [3.63, 3.8) is 0 Å². The molecule has 2 aliphatic heterocycles. The minimum Gasteiger partial charge on any atom is -0.488 e. The first-order valence-electron chi connectivity index (χ1n) is 39.7. The molecule has 1 aromatic carbocycles. The molecular formula is C81H129ClN2O12S3. The van der Waals surface area contributed by atoms with Crippen LogP contribution in [-0.2, 0) is 38.1 Å². The standard InChI is InChI=1S/C81H129ClN2O12S3/c1-9-16-23-30-33-40-47-62(44-37-27-20-13-5)77(86)94-58-80(59-95-78(87)63(45-38-28-21-14-6)48-41-34-31-24-17-10-2)53-89-67-52-97-73(70(67)90-54-80)65-50-51-66(69-68(65)83-99-84-69)74-71-72(75(82)98-74)92-56-81(55-91-71,57-93-76(85)61(8)43-36-26-19-12-4)60-96-79(88)64(46-39-29-22-15-7)49-42-35-32-25-18-11-3/h50-52,61-64H,9-49,53-60H2,1-8H3. The molecule has 14 nitrogen and oxygen atoms in total. The molecule has 0 spiro atoms. The van der Waals surface area contributed by atoms with Gasteiger partial charge in [0.15, 0.2) is 23.0 Å². The summed E-state index contributed by atoms with van der Waals surface area (Å²) in [5.74, 6) is 0.0214. The Morgan fingerprint density at radius 1 is 0.414 bits per heavy atom. The lowest BCUT2D eigenvalue weighted by atomic mass is 9.91. The number of carbonyl (C=O) groups is 4. The van der Waals surface area contributed by atoms with E-state index in [0.717, 1.165) is 214 Å². The highest BCUT2D eigenvalue weighted by molar-refractivity contribution is 7.20. The van der Waals surface area contributed by atoms with Gasteiger partial charge in [0.25, 0.3) is 0 Å². The van der Waals surface area contributed by atoms with Crippen molar-refractivity contribution in [3.05, 3.63) is 21.8 Å². The van der Waals surface area contributed by atoms with E-state index in [1.165, 1.54) is 99.7 Å². The van der Waals surface area contributed by atoms with Crippen molar-refractivity contribution in [1.82, 2.24) is 8.75 Å². The molecule has 99 heavy (non-hydrogen) atoms. The lowest BCUT2D eigenvalue weighted by molar-refractivity contribution is -0.164. The molecule has 3 aromatic heterocycles. The van der Waals surface area contributed by atoms with Gasteiger partial charge in [-0.05, 0) is 44.9 Å². The van der Waals surface area contributed by atoms with Crippen LogP contribution in [0.1, 0.15) is 319 Å². The summed E-state index contributed by atoms with van der Waals surface area (Å²) in [4.78, 5) is 58.4. The third-order valence-corrected chi connectivity index (χ3v) is 23.3. The van der Waals surface area contributed by atoms with Gasteiger partial charge >= 0.3 is 23.9 Å². The number of unbranched alkanes of at least 4 members (excludes halogenated alkanes) is 27. The molecule has 5 heterocycles. The minimum atomic E-state index is -1.05. The Kier molecular flexibility index (Phi) is 40.6. The van der Waals surface area contributed by atoms with Gasteiger partial charge in [-0.15, -0.1) is 22.7 Å². The van der Waals surface area contributed by atoms with Gasteiger partial charge in [-0.25, -0.2) is 0 Å². The smallest absolute Gasteiger partial charge is 0.308 e. The summed E-state index contributed by atoms with van der Waals surface area (Å²) in [6.45, 7) is 17.5. The van der Waals surface area contributed by atoms with Crippen molar-refractivity contribution in [3.8, 4) is 43.9 Å². The fourth-order valence-electron chi connectivity index (χ4n) is 13.7. The zero-order valence-electron chi connectivity index (χ0n) is 62.6. The maximum absolute atomic E-state index is 14.4. The molecule has 4 aromatic rings. The molecule has 5 unspecified atom stereocenters. The van der Waals surface area contributed by atoms with Crippen LogP contribution in [0.2, 0.25) is 4.34 Å². The van der Waals surface area contributed by atoms with Crippen molar-refractivity contribution in [2.45, 2.75) is 319 Å². The van der Waals surface area contributed by atoms with Crippen LogP contribution in [-0.4, -0.2) is 85.5 Å². The van der Waals surface area contributed by atoms with Crippen LogP contribution in [0.15, 0.2) is 17.5 Å². The normalized spacial score (nSPS) is 17.2. The van der Waals surface area contributed by atoms with E-state index in [-0.39, 0.29) is 100 Å². The van der Waals surface area contributed by atoms with Crippen molar-refractivity contribution in [1.29, 1.82) is 0 Å². The number of halogens is 1. The molecular weight excluding hydrogens is 1320 g/mol. The number of benzene rings is 1. The number of hydrogen-bond acceptors (Lipinski definition) is 17. The van der Waals surface area contributed by atoms with Crippen LogP contribution in [0, 0.1) is 34.5 Å². The van der Waals surface area contributed by atoms with Crippen molar-refractivity contribution in [2.75, 3.05) is 52.9 Å². The summed E-state index contributed by atoms with van der Waals surface area (Å²) in [7, 11) is 0. The topological polar surface area (TPSA) is 168 Å². The molecule has 0 N–H and O–H groups in total. The molecule has 0 radical (unpaired) electrons. The fraction of sp³-hybridized carbons (Fsp3) is 0.778. The zero-order chi connectivity index (χ0) is 70.9. The Hall–Kier alpha value is -4.19. The number of fused-ring (bicyclic) bond motifs is 3. The highest BCUT2D eigenvalue weighted by Gasteiger charge is 2.44. The molecule has 0 aliphatic carbocycles. The Labute approximate surface area is 614 Å². The number of hydrogen-bond donors (Lipinski definition) is 0. The molecule has 2 aliphatic rings. The fourth-order valence-corrected chi connectivity index (χ4v) is 16.5. The quantitative estimate of drug-likeness (QED) is 0.0233. The average molecular weight is 1450 g/mol. The summed E-state index contributed by atoms with van der Waals surface area (Å²) >= 11 is 11.1.